The van der Waals surface area contributed by atoms with E-state index in [1.165, 1.54) is 31.4 Å². The molecule has 2 aromatic carbocycles. The minimum Gasteiger partial charge on any atom is -0.503 e. The van der Waals surface area contributed by atoms with E-state index >= 15 is 0 Å². The van der Waals surface area contributed by atoms with Crippen LogP contribution in [-0.2, 0) is 0 Å². The van der Waals surface area contributed by atoms with Crippen LogP contribution < -0.4 is 15.2 Å². The highest BCUT2D eigenvalue weighted by Crippen LogP contribution is 2.37. The quantitative estimate of drug-likeness (QED) is 0.822. The largest absolute Gasteiger partial charge is 0.573 e. The van der Waals surface area contributed by atoms with Crippen LogP contribution in [0.2, 0.25) is 0 Å². The number of phenols is 1. The number of nitrogens with two attached hydrogens (primary N) is 1. The van der Waals surface area contributed by atoms with Crippen LogP contribution in [0.25, 0.3) is 0 Å². The zero-order valence-corrected chi connectivity index (χ0v) is 13.5. The van der Waals surface area contributed by atoms with Gasteiger partial charge in [0.05, 0.1) is 17.6 Å². The van der Waals surface area contributed by atoms with Crippen molar-refractivity contribution in [3.63, 3.8) is 0 Å². The molecule has 1 atom stereocenters. The van der Waals surface area contributed by atoms with Gasteiger partial charge in [0.25, 0.3) is 0 Å². The number of hydrogen-bond acceptors (Lipinski definition) is 4. The van der Waals surface area contributed by atoms with E-state index in [2.05, 4.69) is 20.7 Å². The Morgan fingerprint density at radius 2 is 1.74 bits per heavy atom. The summed E-state index contributed by atoms with van der Waals surface area (Å²) in [5.74, 6) is -0.142. The van der Waals surface area contributed by atoms with Gasteiger partial charge >= 0.3 is 6.36 Å². The van der Waals surface area contributed by atoms with Crippen LogP contribution in [0.3, 0.4) is 0 Å². The van der Waals surface area contributed by atoms with Crippen LogP contribution >= 0.6 is 15.9 Å². The van der Waals surface area contributed by atoms with E-state index in [1.807, 2.05) is 0 Å². The molecule has 0 aliphatic rings. The Balaban J connectivity index is 2.27. The highest BCUT2D eigenvalue weighted by Gasteiger charge is 2.31. The second-order valence-electron chi connectivity index (χ2n) is 4.65. The number of halogens is 4. The number of rotatable bonds is 4. The van der Waals surface area contributed by atoms with Crippen molar-refractivity contribution >= 4 is 15.9 Å². The number of hydrogen-bond donors (Lipinski definition) is 2. The molecule has 8 heteroatoms. The maximum absolute atomic E-state index is 12.1. The summed E-state index contributed by atoms with van der Waals surface area (Å²) in [6.07, 6.45) is -4.74. The van der Waals surface area contributed by atoms with E-state index < -0.39 is 12.4 Å². The van der Waals surface area contributed by atoms with Crippen molar-refractivity contribution in [2.24, 2.45) is 5.73 Å². The van der Waals surface area contributed by atoms with Crippen LogP contribution in [-0.4, -0.2) is 18.6 Å². The Kier molecular flexibility index (Phi) is 5.06. The molecule has 2 rings (SSSR count). The fourth-order valence-corrected chi connectivity index (χ4v) is 2.46. The molecule has 0 saturated carbocycles. The van der Waals surface area contributed by atoms with Gasteiger partial charge in [0.1, 0.15) is 5.75 Å². The maximum Gasteiger partial charge on any atom is 0.573 e. The van der Waals surface area contributed by atoms with Gasteiger partial charge in [0, 0.05) is 0 Å². The van der Waals surface area contributed by atoms with Gasteiger partial charge in [0.15, 0.2) is 11.5 Å². The number of ether oxygens (including phenoxy) is 2. The highest BCUT2D eigenvalue weighted by molar-refractivity contribution is 9.10. The van der Waals surface area contributed by atoms with Crippen LogP contribution in [0.15, 0.2) is 40.9 Å². The van der Waals surface area contributed by atoms with E-state index in [0.29, 0.717) is 15.6 Å². The lowest BCUT2D eigenvalue weighted by Crippen LogP contribution is -2.17. The van der Waals surface area contributed by atoms with E-state index in [-0.39, 0.29) is 17.2 Å². The first-order valence-electron chi connectivity index (χ1n) is 6.39. The van der Waals surface area contributed by atoms with Crippen molar-refractivity contribution in [2.75, 3.05) is 7.11 Å². The Morgan fingerprint density at radius 3 is 2.26 bits per heavy atom. The molecule has 0 heterocycles. The number of phenolic OH excluding ortho intramolecular Hbond substituents is 1. The number of aromatic hydroxyl groups is 1. The maximum atomic E-state index is 12.1. The van der Waals surface area contributed by atoms with E-state index in [9.17, 15) is 18.3 Å². The zero-order valence-electron chi connectivity index (χ0n) is 11.9. The highest BCUT2D eigenvalue weighted by atomic mass is 79.9. The molecule has 2 aromatic rings. The lowest BCUT2D eigenvalue weighted by molar-refractivity contribution is -0.274. The van der Waals surface area contributed by atoms with Crippen LogP contribution in [0.5, 0.6) is 17.2 Å². The molecule has 4 nitrogen and oxygen atoms in total. The molecule has 0 bridgehead atoms. The molecule has 0 aliphatic heterocycles. The molecular weight excluding hydrogens is 379 g/mol. The molecule has 0 amide bonds. The Labute approximate surface area is 138 Å². The molecule has 0 radical (unpaired) electrons. The van der Waals surface area contributed by atoms with Gasteiger partial charge in [-0.3, -0.25) is 0 Å². The summed E-state index contributed by atoms with van der Waals surface area (Å²) in [7, 11) is 1.40. The third-order valence-electron chi connectivity index (χ3n) is 3.10. The van der Waals surface area contributed by atoms with Crippen molar-refractivity contribution in [1.82, 2.24) is 0 Å². The fraction of sp³-hybridized carbons (Fsp3) is 0.200. The van der Waals surface area contributed by atoms with Crippen molar-refractivity contribution in [2.45, 2.75) is 12.4 Å². The molecular formula is C15H13BrF3NO3. The Hall–Kier alpha value is -1.93. The van der Waals surface area contributed by atoms with Gasteiger partial charge in [-0.1, -0.05) is 12.1 Å². The summed E-state index contributed by atoms with van der Waals surface area (Å²) in [4.78, 5) is 0. The second-order valence-corrected chi connectivity index (χ2v) is 5.50. The van der Waals surface area contributed by atoms with Gasteiger partial charge in [-0.15, -0.1) is 13.2 Å². The summed E-state index contributed by atoms with van der Waals surface area (Å²) in [5.41, 5.74) is 7.32. The minimum absolute atomic E-state index is 0.0580. The smallest absolute Gasteiger partial charge is 0.503 e. The molecule has 0 fully saturated rings. The molecule has 0 unspecified atom stereocenters. The first-order chi connectivity index (χ1) is 10.7. The summed E-state index contributed by atoms with van der Waals surface area (Å²) in [6.45, 7) is 0. The SMILES string of the molecule is COc1cc([C@@H](N)c2ccc(OC(F)(F)F)cc2)cc(Br)c1O. The van der Waals surface area contributed by atoms with Crippen molar-refractivity contribution < 1.29 is 27.8 Å². The molecule has 0 saturated heterocycles. The predicted molar refractivity (Wildman–Crippen MR) is 81.5 cm³/mol. The number of methoxy groups -OCH3 is 1. The van der Waals surface area contributed by atoms with E-state index in [1.54, 1.807) is 12.1 Å². The first kappa shape index (κ1) is 17.4. The molecule has 0 spiro atoms. The van der Waals surface area contributed by atoms with Gasteiger partial charge in [-0.05, 0) is 51.3 Å². The van der Waals surface area contributed by atoms with Gasteiger partial charge in [0.2, 0.25) is 0 Å². The lowest BCUT2D eigenvalue weighted by atomic mass is 9.99. The average Bonchev–Trinajstić information content (AvgIpc) is 2.48. The van der Waals surface area contributed by atoms with Gasteiger partial charge in [-0.25, -0.2) is 0 Å². The summed E-state index contributed by atoms with van der Waals surface area (Å²) >= 11 is 3.19. The Morgan fingerprint density at radius 1 is 1.13 bits per heavy atom. The molecule has 0 aliphatic carbocycles. The van der Waals surface area contributed by atoms with E-state index in [4.69, 9.17) is 10.5 Å². The van der Waals surface area contributed by atoms with Crippen molar-refractivity contribution in [1.29, 1.82) is 0 Å². The standard InChI is InChI=1S/C15H13BrF3NO3/c1-22-12-7-9(6-11(16)14(12)21)13(20)8-2-4-10(5-3-8)23-15(17,18)19/h2-7,13,21H,20H2,1H3/t13-/m0/s1. The third-order valence-corrected chi connectivity index (χ3v) is 3.71. The second kappa shape index (κ2) is 6.67. The fourth-order valence-electron chi connectivity index (χ4n) is 2.00. The number of alkyl halides is 3. The molecule has 0 aromatic heterocycles. The lowest BCUT2D eigenvalue weighted by Gasteiger charge is -2.16. The molecule has 23 heavy (non-hydrogen) atoms. The summed E-state index contributed by atoms with van der Waals surface area (Å²) < 4.78 is 45.7. The zero-order chi connectivity index (χ0) is 17.2. The van der Waals surface area contributed by atoms with E-state index in [0.717, 1.165) is 0 Å². The Bertz CT molecular complexity index is 690. The first-order valence-corrected chi connectivity index (χ1v) is 7.18. The summed E-state index contributed by atoms with van der Waals surface area (Å²) in [5, 5.41) is 9.78. The molecule has 3 N–H and O–H groups in total. The third kappa shape index (κ3) is 4.29. The van der Waals surface area contributed by atoms with Crippen LogP contribution in [0.4, 0.5) is 13.2 Å². The monoisotopic (exact) mass is 391 g/mol. The summed E-state index contributed by atoms with van der Waals surface area (Å²) in [6, 6.07) is 7.83. The topological polar surface area (TPSA) is 64.7 Å². The van der Waals surface area contributed by atoms with Crippen LogP contribution in [0, 0.1) is 0 Å². The van der Waals surface area contributed by atoms with Crippen LogP contribution in [0.1, 0.15) is 17.2 Å². The average molecular weight is 392 g/mol. The minimum atomic E-state index is -4.74. The molecule has 124 valence electrons. The predicted octanol–water partition coefficient (Wildman–Crippen LogP) is 4.11. The van der Waals surface area contributed by atoms with Crippen molar-refractivity contribution in [3.05, 3.63) is 52.0 Å². The number of benzene rings is 2. The van der Waals surface area contributed by atoms with Gasteiger partial charge < -0.3 is 20.3 Å². The van der Waals surface area contributed by atoms with Gasteiger partial charge in [-0.2, -0.15) is 0 Å². The normalized spacial score (nSPS) is 12.8. The van der Waals surface area contributed by atoms with Crippen molar-refractivity contribution in [3.8, 4) is 17.2 Å².